The van der Waals surface area contributed by atoms with Crippen LogP contribution in [0, 0.1) is 0 Å². The van der Waals surface area contributed by atoms with Crippen molar-refractivity contribution in [2.45, 2.75) is 38.8 Å². The summed E-state index contributed by atoms with van der Waals surface area (Å²) >= 11 is 0. The number of hydrogen-bond donors (Lipinski definition) is 1. The van der Waals surface area contributed by atoms with E-state index >= 15 is 0 Å². The monoisotopic (exact) mass is 225 g/mol. The van der Waals surface area contributed by atoms with Crippen LogP contribution in [0.1, 0.15) is 39.0 Å². The van der Waals surface area contributed by atoms with Gasteiger partial charge in [-0.2, -0.15) is 0 Å². The Balaban J connectivity index is 3.23. The number of nitrogens with zero attached hydrogens (tertiary/aromatic N) is 1. The minimum absolute atomic E-state index is 0.364. The highest BCUT2D eigenvalue weighted by molar-refractivity contribution is 5.79. The number of carboxylic acid groups (broad SMARTS) is 1. The first-order valence-corrected chi connectivity index (χ1v) is 5.05. The van der Waals surface area contributed by atoms with Gasteiger partial charge >= 0.3 is 5.97 Å². The van der Waals surface area contributed by atoms with Gasteiger partial charge in [0.2, 0.25) is 0 Å². The molecule has 0 amide bonds. The lowest BCUT2D eigenvalue weighted by molar-refractivity contribution is -0.142. The van der Waals surface area contributed by atoms with E-state index in [1.165, 1.54) is 26.1 Å². The summed E-state index contributed by atoms with van der Waals surface area (Å²) in [5, 5.41) is 9.05. The predicted molar refractivity (Wildman–Crippen MR) is 59.0 cm³/mol. The van der Waals surface area contributed by atoms with Gasteiger partial charge in [-0.15, -0.1) is 0 Å². The molecule has 0 fully saturated rings. The lowest BCUT2D eigenvalue weighted by Crippen LogP contribution is -2.30. The van der Waals surface area contributed by atoms with E-state index in [0.717, 1.165) is 0 Å². The zero-order chi connectivity index (χ0) is 12.6. The molecule has 0 atom stereocenters. The zero-order valence-corrected chi connectivity index (χ0v) is 9.91. The number of pyridine rings is 1. The van der Waals surface area contributed by atoms with Crippen LogP contribution in [0.4, 0.5) is 4.39 Å². The minimum Gasteiger partial charge on any atom is -0.481 e. The number of aliphatic carboxylic acids is 1. The third-order valence-electron chi connectivity index (χ3n) is 2.62. The molecule has 0 aliphatic carbocycles. The summed E-state index contributed by atoms with van der Waals surface area (Å²) in [6.45, 7) is 5.96. The van der Waals surface area contributed by atoms with Gasteiger partial charge in [0.25, 0.3) is 0 Å². The Hall–Kier alpha value is -1.45. The van der Waals surface area contributed by atoms with E-state index in [0.29, 0.717) is 11.3 Å². The van der Waals surface area contributed by atoms with Gasteiger partial charge in [0, 0.05) is 6.20 Å². The molecule has 0 aromatic carbocycles. The molecule has 3 nitrogen and oxygen atoms in total. The lowest BCUT2D eigenvalue weighted by Gasteiger charge is -2.21. The van der Waals surface area contributed by atoms with Crippen molar-refractivity contribution >= 4 is 5.97 Å². The van der Waals surface area contributed by atoms with E-state index in [1.54, 1.807) is 19.9 Å². The van der Waals surface area contributed by atoms with Crippen molar-refractivity contribution in [2.75, 3.05) is 0 Å². The largest absolute Gasteiger partial charge is 0.481 e. The van der Waals surface area contributed by atoms with E-state index in [9.17, 15) is 9.18 Å². The maximum Gasteiger partial charge on any atom is 0.315 e. The predicted octanol–water partition coefficient (Wildman–Crippen LogP) is 2.65. The number of hydrogen-bond acceptors (Lipinski definition) is 2. The number of carbonyl (C=O) groups is 1. The molecule has 1 N–H and O–H groups in total. The van der Waals surface area contributed by atoms with Crippen molar-refractivity contribution in [3.8, 4) is 0 Å². The lowest BCUT2D eigenvalue weighted by atomic mass is 9.87. The molecular formula is C12H16FNO2. The van der Waals surface area contributed by atoms with Gasteiger partial charge in [0.05, 0.1) is 5.69 Å². The summed E-state index contributed by atoms with van der Waals surface area (Å²) in [6.07, 6.45) is 1.44. The van der Waals surface area contributed by atoms with E-state index in [4.69, 9.17) is 5.11 Å². The van der Waals surface area contributed by atoms with Crippen molar-refractivity contribution < 1.29 is 14.3 Å². The van der Waals surface area contributed by atoms with Gasteiger partial charge in [-0.05, 0) is 45.4 Å². The standard InChI is InChI=1S/C12H16FNO2/c1-11(2,10(15)16)9-7-8(5-6-14-9)12(3,4)13/h5-7H,1-4H3,(H,15,16). The van der Waals surface area contributed by atoms with Crippen LogP contribution >= 0.6 is 0 Å². The fourth-order valence-corrected chi connectivity index (χ4v) is 1.25. The van der Waals surface area contributed by atoms with Crippen LogP contribution in [0.5, 0.6) is 0 Å². The summed E-state index contributed by atoms with van der Waals surface area (Å²) in [4.78, 5) is 15.0. The maximum atomic E-state index is 13.7. The molecule has 0 aliphatic heterocycles. The number of aromatic nitrogens is 1. The van der Waals surface area contributed by atoms with Gasteiger partial charge in [-0.3, -0.25) is 9.78 Å². The Morgan fingerprint density at radius 2 is 1.94 bits per heavy atom. The van der Waals surface area contributed by atoms with Crippen LogP contribution in [0.25, 0.3) is 0 Å². The first-order chi connectivity index (χ1) is 7.15. The van der Waals surface area contributed by atoms with Crippen molar-refractivity contribution in [1.29, 1.82) is 0 Å². The molecule has 0 spiro atoms. The highest BCUT2D eigenvalue weighted by Gasteiger charge is 2.32. The van der Waals surface area contributed by atoms with Gasteiger partial charge in [-0.25, -0.2) is 4.39 Å². The molecule has 0 aliphatic rings. The number of alkyl halides is 1. The van der Waals surface area contributed by atoms with Crippen molar-refractivity contribution in [1.82, 2.24) is 4.98 Å². The molecule has 0 saturated heterocycles. The van der Waals surface area contributed by atoms with E-state index < -0.39 is 17.1 Å². The quantitative estimate of drug-likeness (QED) is 0.860. The van der Waals surface area contributed by atoms with Crippen LogP contribution in [0.15, 0.2) is 18.3 Å². The fourth-order valence-electron chi connectivity index (χ4n) is 1.25. The molecular weight excluding hydrogens is 209 g/mol. The molecule has 1 heterocycles. The molecule has 1 rings (SSSR count). The highest BCUT2D eigenvalue weighted by Crippen LogP contribution is 2.28. The first-order valence-electron chi connectivity index (χ1n) is 5.05. The van der Waals surface area contributed by atoms with E-state index in [2.05, 4.69) is 4.98 Å². The second kappa shape index (κ2) is 3.85. The number of halogens is 1. The summed E-state index contributed by atoms with van der Waals surface area (Å²) < 4.78 is 13.7. The summed E-state index contributed by atoms with van der Waals surface area (Å²) in [5.74, 6) is -0.978. The molecule has 1 aromatic rings. The molecule has 88 valence electrons. The average molecular weight is 225 g/mol. The topological polar surface area (TPSA) is 50.2 Å². The maximum absolute atomic E-state index is 13.7. The smallest absolute Gasteiger partial charge is 0.315 e. The molecule has 0 saturated carbocycles. The van der Waals surface area contributed by atoms with Gasteiger partial charge < -0.3 is 5.11 Å². The summed E-state index contributed by atoms with van der Waals surface area (Å²) in [6, 6.07) is 3.07. The Bertz CT molecular complexity index is 408. The van der Waals surface area contributed by atoms with Crippen LogP contribution < -0.4 is 0 Å². The van der Waals surface area contributed by atoms with Gasteiger partial charge in [0.15, 0.2) is 0 Å². The average Bonchev–Trinajstić information content (AvgIpc) is 2.16. The van der Waals surface area contributed by atoms with E-state index in [-0.39, 0.29) is 0 Å². The normalized spacial score (nSPS) is 12.6. The van der Waals surface area contributed by atoms with Crippen molar-refractivity contribution in [3.63, 3.8) is 0 Å². The molecule has 0 bridgehead atoms. The molecule has 0 unspecified atom stereocenters. The first kappa shape index (κ1) is 12.6. The number of carboxylic acids is 1. The summed E-state index contributed by atoms with van der Waals surface area (Å²) in [5.41, 5.74) is -1.80. The Labute approximate surface area is 94.3 Å². The Kier molecular flexibility index (Phi) is 3.03. The van der Waals surface area contributed by atoms with Crippen molar-refractivity contribution in [2.24, 2.45) is 0 Å². The highest BCUT2D eigenvalue weighted by atomic mass is 19.1. The van der Waals surface area contributed by atoms with Gasteiger partial charge in [0.1, 0.15) is 11.1 Å². The third kappa shape index (κ3) is 2.38. The summed E-state index contributed by atoms with van der Waals surface area (Å²) in [7, 11) is 0. The molecule has 4 heteroatoms. The van der Waals surface area contributed by atoms with Crippen LogP contribution in [0.3, 0.4) is 0 Å². The number of rotatable bonds is 3. The molecule has 16 heavy (non-hydrogen) atoms. The van der Waals surface area contributed by atoms with E-state index in [1.807, 2.05) is 0 Å². The third-order valence-corrected chi connectivity index (χ3v) is 2.62. The second-order valence-electron chi connectivity index (χ2n) is 4.83. The Morgan fingerprint density at radius 1 is 1.38 bits per heavy atom. The second-order valence-corrected chi connectivity index (χ2v) is 4.83. The SMILES string of the molecule is CC(C)(F)c1ccnc(C(C)(C)C(=O)O)c1. The van der Waals surface area contributed by atoms with Crippen LogP contribution in [0.2, 0.25) is 0 Å². The zero-order valence-electron chi connectivity index (χ0n) is 9.91. The Morgan fingerprint density at radius 3 is 2.38 bits per heavy atom. The van der Waals surface area contributed by atoms with Crippen LogP contribution in [-0.2, 0) is 15.9 Å². The molecule has 0 radical (unpaired) electrons. The van der Waals surface area contributed by atoms with Crippen LogP contribution in [-0.4, -0.2) is 16.1 Å². The molecule has 1 aromatic heterocycles. The van der Waals surface area contributed by atoms with Gasteiger partial charge in [-0.1, -0.05) is 0 Å². The minimum atomic E-state index is -1.49. The van der Waals surface area contributed by atoms with Crippen molar-refractivity contribution in [3.05, 3.63) is 29.6 Å². The fraction of sp³-hybridized carbons (Fsp3) is 0.500.